The zero-order valence-electron chi connectivity index (χ0n) is 15.0. The molecule has 0 bridgehead atoms. The van der Waals surface area contributed by atoms with E-state index in [-0.39, 0.29) is 12.3 Å². The van der Waals surface area contributed by atoms with E-state index in [1.807, 2.05) is 30.5 Å². The van der Waals surface area contributed by atoms with Gasteiger partial charge < -0.3 is 0 Å². The van der Waals surface area contributed by atoms with E-state index >= 15 is 0 Å². The van der Waals surface area contributed by atoms with Crippen LogP contribution in [0.4, 0.5) is 0 Å². The number of thioether (sulfide) groups is 1. The number of benzene rings is 2. The Morgan fingerprint density at radius 1 is 1.15 bits per heavy atom. The maximum Gasteiger partial charge on any atom is 0.261 e. The van der Waals surface area contributed by atoms with E-state index < -0.39 is 22.0 Å². The first-order chi connectivity index (χ1) is 12.9. The van der Waals surface area contributed by atoms with Gasteiger partial charge in [-0.15, -0.1) is 11.8 Å². The van der Waals surface area contributed by atoms with Crippen LogP contribution in [-0.2, 0) is 21.4 Å². The van der Waals surface area contributed by atoms with Gasteiger partial charge in [-0.3, -0.25) is 10.0 Å². The van der Waals surface area contributed by atoms with Gasteiger partial charge in [-0.1, -0.05) is 36.4 Å². The van der Waals surface area contributed by atoms with E-state index in [1.54, 1.807) is 17.2 Å². The number of carbonyl (C=O) groups is 1. The third kappa shape index (κ3) is 4.52. The molecule has 6 nitrogen and oxygen atoms in total. The second-order valence-electron chi connectivity index (χ2n) is 6.42. The fourth-order valence-corrected chi connectivity index (χ4v) is 5.33. The molecule has 0 unspecified atom stereocenters. The molecule has 27 heavy (non-hydrogen) atoms. The number of amides is 1. The second kappa shape index (κ2) is 8.43. The third-order valence-corrected chi connectivity index (χ3v) is 7.36. The summed E-state index contributed by atoms with van der Waals surface area (Å²) >= 11 is 1.69. The van der Waals surface area contributed by atoms with Crippen molar-refractivity contribution < 1.29 is 18.4 Å². The van der Waals surface area contributed by atoms with E-state index in [0.29, 0.717) is 12.8 Å². The molecule has 1 saturated heterocycles. The quantitative estimate of drug-likeness (QED) is 0.453. The van der Waals surface area contributed by atoms with Gasteiger partial charge in [0, 0.05) is 11.4 Å². The van der Waals surface area contributed by atoms with E-state index in [2.05, 4.69) is 24.3 Å². The topological polar surface area (TPSA) is 86.7 Å². The highest BCUT2D eigenvalue weighted by atomic mass is 32.2. The van der Waals surface area contributed by atoms with Gasteiger partial charge in [0.05, 0.1) is 5.75 Å². The molecule has 1 atom stereocenters. The highest BCUT2D eigenvalue weighted by molar-refractivity contribution is 7.98. The van der Waals surface area contributed by atoms with Gasteiger partial charge >= 0.3 is 0 Å². The molecular weight excluding hydrogens is 384 g/mol. The molecule has 1 amide bonds. The molecule has 1 fully saturated rings. The van der Waals surface area contributed by atoms with Gasteiger partial charge in [0.2, 0.25) is 10.0 Å². The molecule has 0 aromatic heterocycles. The number of hydrogen-bond donors (Lipinski definition) is 2. The van der Waals surface area contributed by atoms with Crippen LogP contribution in [0.25, 0.3) is 11.1 Å². The van der Waals surface area contributed by atoms with Crippen molar-refractivity contribution in [3.63, 3.8) is 0 Å². The molecule has 0 radical (unpaired) electrons. The number of sulfonamides is 1. The van der Waals surface area contributed by atoms with Gasteiger partial charge in [-0.2, -0.15) is 4.31 Å². The summed E-state index contributed by atoms with van der Waals surface area (Å²) in [7, 11) is -3.54. The fourth-order valence-electron chi connectivity index (χ4n) is 3.23. The minimum Gasteiger partial charge on any atom is -0.289 e. The monoisotopic (exact) mass is 406 g/mol. The molecule has 1 aliphatic rings. The summed E-state index contributed by atoms with van der Waals surface area (Å²) < 4.78 is 26.0. The zero-order valence-corrected chi connectivity index (χ0v) is 16.6. The van der Waals surface area contributed by atoms with Crippen molar-refractivity contribution in [3.8, 4) is 11.1 Å². The number of hydrogen-bond acceptors (Lipinski definition) is 5. The Morgan fingerprint density at radius 3 is 2.30 bits per heavy atom. The molecule has 144 valence electrons. The summed E-state index contributed by atoms with van der Waals surface area (Å²) in [6.45, 7) is 0.103. The minimum atomic E-state index is -3.54. The zero-order chi connectivity index (χ0) is 19.4. The van der Waals surface area contributed by atoms with Gasteiger partial charge in [-0.05, 0) is 47.9 Å². The van der Waals surface area contributed by atoms with Gasteiger partial charge in [0.15, 0.2) is 0 Å². The highest BCUT2D eigenvalue weighted by Gasteiger charge is 2.38. The first-order valence-electron chi connectivity index (χ1n) is 8.61. The van der Waals surface area contributed by atoms with Crippen LogP contribution in [0.5, 0.6) is 0 Å². The lowest BCUT2D eigenvalue weighted by atomic mass is 10.0. The molecule has 2 aromatic rings. The molecule has 8 heteroatoms. The van der Waals surface area contributed by atoms with Gasteiger partial charge in [0.1, 0.15) is 6.04 Å². The number of carbonyl (C=O) groups excluding carboxylic acids is 1. The first-order valence-corrected chi connectivity index (χ1v) is 11.4. The van der Waals surface area contributed by atoms with Crippen LogP contribution in [-0.4, -0.2) is 41.9 Å². The summed E-state index contributed by atoms with van der Waals surface area (Å²) in [4.78, 5) is 13.1. The second-order valence-corrected chi connectivity index (χ2v) is 9.34. The fraction of sp³-hybridized carbons (Fsp3) is 0.316. The summed E-state index contributed by atoms with van der Waals surface area (Å²) in [5.41, 5.74) is 4.50. The Hall–Kier alpha value is -1.87. The van der Waals surface area contributed by atoms with Gasteiger partial charge in [-0.25, -0.2) is 13.9 Å². The maximum absolute atomic E-state index is 12.4. The summed E-state index contributed by atoms with van der Waals surface area (Å²) in [6, 6.07) is 15.0. The van der Waals surface area contributed by atoms with Crippen molar-refractivity contribution in [2.45, 2.75) is 30.3 Å². The minimum absolute atomic E-state index is 0.0160. The van der Waals surface area contributed by atoms with Crippen LogP contribution in [0.2, 0.25) is 0 Å². The van der Waals surface area contributed by atoms with Crippen LogP contribution in [0.3, 0.4) is 0 Å². The highest BCUT2D eigenvalue weighted by Crippen LogP contribution is 2.26. The molecule has 2 aromatic carbocycles. The van der Waals surface area contributed by atoms with E-state index in [0.717, 1.165) is 16.7 Å². The average molecular weight is 407 g/mol. The number of nitrogens with one attached hydrogen (secondary N) is 1. The number of nitrogens with zero attached hydrogens (tertiary/aromatic N) is 1. The summed E-state index contributed by atoms with van der Waals surface area (Å²) in [6.07, 6.45) is 2.83. The maximum atomic E-state index is 12.4. The Kier molecular flexibility index (Phi) is 6.21. The van der Waals surface area contributed by atoms with Crippen molar-refractivity contribution >= 4 is 27.7 Å². The number of rotatable bonds is 5. The molecule has 0 aliphatic carbocycles. The third-order valence-electron chi connectivity index (χ3n) is 4.71. The van der Waals surface area contributed by atoms with Gasteiger partial charge in [0.25, 0.3) is 5.91 Å². The lowest BCUT2D eigenvalue weighted by molar-refractivity contribution is -0.133. The molecule has 0 spiro atoms. The predicted molar refractivity (Wildman–Crippen MR) is 106 cm³/mol. The summed E-state index contributed by atoms with van der Waals surface area (Å²) in [5.74, 6) is -0.675. The van der Waals surface area contributed by atoms with E-state index in [9.17, 15) is 13.2 Å². The number of hydroxylamine groups is 1. The molecule has 0 saturated carbocycles. The molecule has 2 N–H and O–H groups in total. The molecule has 1 aliphatic heterocycles. The van der Waals surface area contributed by atoms with Crippen LogP contribution >= 0.6 is 11.8 Å². The molecule has 3 rings (SSSR count). The van der Waals surface area contributed by atoms with Crippen molar-refractivity contribution in [3.05, 3.63) is 54.1 Å². The lowest BCUT2D eigenvalue weighted by Gasteiger charge is -2.33. The van der Waals surface area contributed by atoms with Crippen LogP contribution < -0.4 is 5.48 Å². The Balaban J connectivity index is 1.80. The Labute approximate surface area is 163 Å². The van der Waals surface area contributed by atoms with Crippen molar-refractivity contribution in [1.29, 1.82) is 0 Å². The summed E-state index contributed by atoms with van der Waals surface area (Å²) in [5, 5.41) is 8.92. The Morgan fingerprint density at radius 2 is 1.74 bits per heavy atom. The molecular formula is C19H22N2O4S2. The van der Waals surface area contributed by atoms with Crippen LogP contribution in [0.15, 0.2) is 53.4 Å². The first kappa shape index (κ1) is 19.9. The predicted octanol–water partition coefficient (Wildman–Crippen LogP) is 2.88. The smallest absolute Gasteiger partial charge is 0.261 e. The normalized spacial score (nSPS) is 19.6. The van der Waals surface area contributed by atoms with E-state index in [4.69, 9.17) is 5.21 Å². The van der Waals surface area contributed by atoms with Crippen molar-refractivity contribution in [2.75, 3.05) is 12.0 Å². The van der Waals surface area contributed by atoms with Crippen molar-refractivity contribution in [1.82, 2.24) is 9.79 Å². The van der Waals surface area contributed by atoms with Crippen molar-refractivity contribution in [2.24, 2.45) is 0 Å². The standard InChI is InChI=1S/C19H22N2O4S2/c1-26-17-10-8-16(9-11-17)15-6-4-14(5-7-15)13-21-18(19(22)20-23)3-2-12-27(21,24)25/h4-11,18,23H,2-3,12-13H2,1H3,(H,20,22)/t18-/m1/s1. The average Bonchev–Trinajstić information content (AvgIpc) is 2.69. The van der Waals surface area contributed by atoms with Crippen LogP contribution in [0, 0.1) is 0 Å². The SMILES string of the molecule is CSc1ccc(-c2ccc(CN3[C@@H](C(=O)NO)CCCS3(=O)=O)cc2)cc1. The van der Waals surface area contributed by atoms with Crippen LogP contribution in [0.1, 0.15) is 18.4 Å². The van der Waals surface area contributed by atoms with E-state index in [1.165, 1.54) is 9.20 Å². The molecule has 1 heterocycles. The Bertz CT molecular complexity index is 896. The largest absolute Gasteiger partial charge is 0.289 e. The lowest BCUT2D eigenvalue weighted by Crippen LogP contribution is -2.51.